The molecule has 0 saturated carbocycles. The van der Waals surface area contributed by atoms with Crippen LogP contribution < -0.4 is 4.90 Å². The number of fused-ring (bicyclic) bond motifs is 1. The van der Waals surface area contributed by atoms with E-state index in [9.17, 15) is 17.6 Å². The summed E-state index contributed by atoms with van der Waals surface area (Å²) in [5.41, 5.74) is 1.08. The number of nitrogens with zero attached hydrogens (tertiary/aromatic N) is 4. The molecule has 1 saturated heterocycles. The molecule has 158 valence electrons. The molecule has 7 nitrogen and oxygen atoms in total. The van der Waals surface area contributed by atoms with E-state index in [4.69, 9.17) is 0 Å². The van der Waals surface area contributed by atoms with Crippen molar-refractivity contribution in [3.8, 4) is 0 Å². The quantitative estimate of drug-likeness (QED) is 0.599. The number of piperidine rings is 1. The summed E-state index contributed by atoms with van der Waals surface area (Å²) in [5.74, 6) is -0.881. The highest BCUT2D eigenvalue weighted by molar-refractivity contribution is 7.88. The standard InChI is InChI=1S/C20H21FN4O3S2/c1-30(27,28)24-10-7-15(8-11-24)19(26)25(13-14-4-3-9-22-12-14)20-23-18-16(21)5-2-6-17(18)29-20/h2-6,9,12,15H,7-8,10-11,13H2,1H3. The number of sulfonamides is 1. The monoisotopic (exact) mass is 448 g/mol. The van der Waals surface area contributed by atoms with Crippen molar-refractivity contribution < 1.29 is 17.6 Å². The number of hydrogen-bond donors (Lipinski definition) is 0. The highest BCUT2D eigenvalue weighted by Gasteiger charge is 2.33. The van der Waals surface area contributed by atoms with Gasteiger partial charge in [0.1, 0.15) is 11.3 Å². The minimum atomic E-state index is -3.27. The predicted octanol–water partition coefficient (Wildman–Crippen LogP) is 3.04. The van der Waals surface area contributed by atoms with Gasteiger partial charge in [0.25, 0.3) is 0 Å². The highest BCUT2D eigenvalue weighted by Crippen LogP contribution is 2.33. The maximum atomic E-state index is 14.2. The summed E-state index contributed by atoms with van der Waals surface area (Å²) < 4.78 is 39.8. The van der Waals surface area contributed by atoms with Crippen molar-refractivity contribution >= 4 is 42.6 Å². The van der Waals surface area contributed by atoms with Crippen molar-refractivity contribution in [1.82, 2.24) is 14.3 Å². The summed E-state index contributed by atoms with van der Waals surface area (Å²) in [6.07, 6.45) is 5.40. The van der Waals surface area contributed by atoms with Crippen molar-refractivity contribution in [2.75, 3.05) is 24.2 Å². The Labute approximate surface area is 178 Å². The molecule has 0 bridgehead atoms. The number of pyridine rings is 1. The molecule has 0 N–H and O–H groups in total. The number of amides is 1. The molecular weight excluding hydrogens is 427 g/mol. The first-order valence-electron chi connectivity index (χ1n) is 9.53. The fraction of sp³-hybridized carbons (Fsp3) is 0.350. The molecule has 0 atom stereocenters. The van der Waals surface area contributed by atoms with E-state index < -0.39 is 15.8 Å². The molecule has 3 aromatic rings. The Morgan fingerprint density at radius 1 is 1.27 bits per heavy atom. The summed E-state index contributed by atoms with van der Waals surface area (Å²) in [4.78, 5) is 23.5. The van der Waals surface area contributed by atoms with Crippen LogP contribution >= 0.6 is 11.3 Å². The van der Waals surface area contributed by atoms with Crippen molar-refractivity contribution in [3.05, 3.63) is 54.1 Å². The second-order valence-corrected chi connectivity index (χ2v) is 10.3. The van der Waals surface area contributed by atoms with E-state index >= 15 is 0 Å². The van der Waals surface area contributed by atoms with Crippen LogP contribution in [-0.2, 0) is 21.4 Å². The normalized spacial score (nSPS) is 16.1. The van der Waals surface area contributed by atoms with E-state index in [-0.39, 0.29) is 23.9 Å². The van der Waals surface area contributed by atoms with Crippen molar-refractivity contribution in [3.63, 3.8) is 0 Å². The molecule has 1 fully saturated rings. The van der Waals surface area contributed by atoms with E-state index in [0.717, 1.165) is 5.56 Å². The van der Waals surface area contributed by atoms with Gasteiger partial charge in [0.15, 0.2) is 5.13 Å². The molecule has 0 spiro atoms. The largest absolute Gasteiger partial charge is 0.283 e. The van der Waals surface area contributed by atoms with Gasteiger partial charge in [-0.05, 0) is 36.6 Å². The van der Waals surface area contributed by atoms with Gasteiger partial charge in [-0.25, -0.2) is 22.1 Å². The number of thiazole rings is 1. The molecule has 10 heteroatoms. The third-order valence-electron chi connectivity index (χ3n) is 5.19. The van der Waals surface area contributed by atoms with E-state index in [1.807, 2.05) is 6.07 Å². The molecule has 2 aromatic heterocycles. The number of hydrogen-bond acceptors (Lipinski definition) is 6. The molecular formula is C20H21FN4O3S2. The van der Waals surface area contributed by atoms with Gasteiger partial charge in [0.05, 0.1) is 17.5 Å². The molecule has 1 aromatic carbocycles. The van der Waals surface area contributed by atoms with Gasteiger partial charge >= 0.3 is 0 Å². The Hall–Kier alpha value is -2.43. The van der Waals surface area contributed by atoms with Crippen LogP contribution in [0.15, 0.2) is 42.7 Å². The summed E-state index contributed by atoms with van der Waals surface area (Å²) in [6.45, 7) is 0.884. The molecule has 0 unspecified atom stereocenters. The smallest absolute Gasteiger partial charge is 0.232 e. The fourth-order valence-electron chi connectivity index (χ4n) is 3.59. The van der Waals surface area contributed by atoms with Gasteiger partial charge < -0.3 is 0 Å². The number of carbonyl (C=O) groups is 1. The number of para-hydroxylation sites is 1. The van der Waals surface area contributed by atoms with Crippen LogP contribution in [-0.4, -0.2) is 47.9 Å². The molecule has 30 heavy (non-hydrogen) atoms. The molecule has 1 aliphatic heterocycles. The Kier molecular flexibility index (Phi) is 5.81. The summed E-state index contributed by atoms with van der Waals surface area (Å²) in [5, 5.41) is 0.425. The minimum absolute atomic E-state index is 0.133. The van der Waals surface area contributed by atoms with E-state index in [1.165, 1.54) is 28.0 Å². The number of halogens is 1. The van der Waals surface area contributed by atoms with Crippen molar-refractivity contribution in [2.24, 2.45) is 5.92 Å². The van der Waals surface area contributed by atoms with Crippen LogP contribution in [0.3, 0.4) is 0 Å². The summed E-state index contributed by atoms with van der Waals surface area (Å²) in [7, 11) is -3.27. The lowest BCUT2D eigenvalue weighted by molar-refractivity contribution is -0.123. The third kappa shape index (κ3) is 4.35. The fourth-order valence-corrected chi connectivity index (χ4v) is 5.45. The number of rotatable bonds is 5. The zero-order valence-corrected chi connectivity index (χ0v) is 18.0. The second kappa shape index (κ2) is 8.37. The van der Waals surface area contributed by atoms with Crippen LogP contribution in [0.2, 0.25) is 0 Å². The maximum Gasteiger partial charge on any atom is 0.232 e. The molecule has 0 radical (unpaired) electrons. The van der Waals surface area contributed by atoms with Crippen molar-refractivity contribution in [2.45, 2.75) is 19.4 Å². The Balaban J connectivity index is 1.63. The average Bonchev–Trinajstić information content (AvgIpc) is 3.17. The molecule has 4 rings (SSSR count). The maximum absolute atomic E-state index is 14.2. The van der Waals surface area contributed by atoms with Crippen LogP contribution in [0, 0.1) is 11.7 Å². The number of benzene rings is 1. The minimum Gasteiger partial charge on any atom is -0.283 e. The number of carbonyl (C=O) groups excluding carboxylic acids is 1. The van der Waals surface area contributed by atoms with E-state index in [2.05, 4.69) is 9.97 Å². The summed E-state index contributed by atoms with van der Waals surface area (Å²) >= 11 is 1.26. The van der Waals surface area contributed by atoms with Crippen molar-refractivity contribution in [1.29, 1.82) is 0 Å². The first-order valence-corrected chi connectivity index (χ1v) is 12.2. The zero-order chi connectivity index (χ0) is 21.3. The SMILES string of the molecule is CS(=O)(=O)N1CCC(C(=O)N(Cc2cccnc2)c2nc3c(F)cccc3s2)CC1. The van der Waals surface area contributed by atoms with E-state index in [1.54, 1.807) is 35.5 Å². The van der Waals surface area contributed by atoms with Crippen LogP contribution in [0.4, 0.5) is 9.52 Å². The molecule has 1 amide bonds. The topological polar surface area (TPSA) is 83.5 Å². The summed E-state index contributed by atoms with van der Waals surface area (Å²) in [6, 6.07) is 8.40. The zero-order valence-electron chi connectivity index (χ0n) is 16.4. The lowest BCUT2D eigenvalue weighted by atomic mass is 9.96. The Morgan fingerprint density at radius 3 is 2.67 bits per heavy atom. The lowest BCUT2D eigenvalue weighted by Crippen LogP contribution is -2.44. The van der Waals surface area contributed by atoms with Gasteiger partial charge in [-0.2, -0.15) is 0 Å². The average molecular weight is 449 g/mol. The third-order valence-corrected chi connectivity index (χ3v) is 7.54. The Morgan fingerprint density at radius 2 is 2.03 bits per heavy atom. The number of anilines is 1. The Bertz CT molecular complexity index is 1160. The first-order chi connectivity index (χ1) is 14.3. The van der Waals surface area contributed by atoms with Gasteiger partial charge in [-0.15, -0.1) is 0 Å². The first kappa shape index (κ1) is 20.8. The predicted molar refractivity (Wildman–Crippen MR) is 114 cm³/mol. The van der Waals surface area contributed by atoms with Gasteiger partial charge in [-0.3, -0.25) is 14.7 Å². The van der Waals surface area contributed by atoms with Crippen LogP contribution in [0.5, 0.6) is 0 Å². The van der Waals surface area contributed by atoms with E-state index in [0.29, 0.717) is 35.8 Å². The van der Waals surface area contributed by atoms with Crippen LogP contribution in [0.1, 0.15) is 18.4 Å². The van der Waals surface area contributed by atoms with Gasteiger partial charge in [0.2, 0.25) is 15.9 Å². The second-order valence-electron chi connectivity index (χ2n) is 7.30. The lowest BCUT2D eigenvalue weighted by Gasteiger charge is -2.32. The van der Waals surface area contributed by atoms with Crippen LogP contribution in [0.25, 0.3) is 10.2 Å². The highest BCUT2D eigenvalue weighted by atomic mass is 32.2. The van der Waals surface area contributed by atoms with Gasteiger partial charge in [0, 0.05) is 31.4 Å². The number of aromatic nitrogens is 2. The van der Waals surface area contributed by atoms with Gasteiger partial charge in [-0.1, -0.05) is 23.5 Å². The molecule has 3 heterocycles. The molecule has 0 aliphatic carbocycles. The molecule has 1 aliphatic rings.